The normalized spacial score (nSPS) is 9.57. The Bertz CT molecular complexity index is 836. The minimum absolute atomic E-state index is 0.597. The SMILES string of the molecule is O=CC#Cc1ccc(-c2ccc(Oc3ccccc3)cc2)cc1. The van der Waals surface area contributed by atoms with E-state index in [9.17, 15) is 4.79 Å². The van der Waals surface area contributed by atoms with Crippen molar-refractivity contribution in [2.45, 2.75) is 0 Å². The smallest absolute Gasteiger partial charge is 0.193 e. The van der Waals surface area contributed by atoms with Gasteiger partial charge in [0.1, 0.15) is 11.5 Å². The van der Waals surface area contributed by atoms with E-state index in [0.717, 1.165) is 28.2 Å². The van der Waals surface area contributed by atoms with Gasteiger partial charge in [-0.15, -0.1) is 0 Å². The lowest BCUT2D eigenvalue weighted by Crippen LogP contribution is -1.84. The second-order valence-electron chi connectivity index (χ2n) is 4.90. The van der Waals surface area contributed by atoms with Crippen LogP contribution in [0.25, 0.3) is 11.1 Å². The Balaban J connectivity index is 1.75. The van der Waals surface area contributed by atoms with Crippen molar-refractivity contribution in [1.82, 2.24) is 0 Å². The number of carbonyl (C=O) groups excluding carboxylic acids is 1. The van der Waals surface area contributed by atoms with E-state index < -0.39 is 0 Å². The van der Waals surface area contributed by atoms with E-state index in [2.05, 4.69) is 11.8 Å². The largest absolute Gasteiger partial charge is 0.457 e. The molecule has 0 aromatic heterocycles. The molecule has 0 heterocycles. The molecule has 3 aromatic carbocycles. The Labute approximate surface area is 135 Å². The Morgan fingerprint density at radius 3 is 1.87 bits per heavy atom. The number of aldehydes is 1. The van der Waals surface area contributed by atoms with E-state index in [1.807, 2.05) is 78.9 Å². The molecule has 0 aliphatic rings. The second kappa shape index (κ2) is 7.11. The van der Waals surface area contributed by atoms with E-state index in [1.165, 1.54) is 0 Å². The molecule has 0 radical (unpaired) electrons. The van der Waals surface area contributed by atoms with Crippen LogP contribution in [-0.4, -0.2) is 6.29 Å². The standard InChI is InChI=1S/C21H14O2/c22-16-4-5-17-8-10-18(11-9-17)19-12-14-21(15-13-19)23-20-6-2-1-3-7-20/h1-3,6-16H. The minimum atomic E-state index is 0.597. The summed E-state index contributed by atoms with van der Waals surface area (Å²) in [7, 11) is 0. The second-order valence-corrected chi connectivity index (χ2v) is 4.90. The van der Waals surface area contributed by atoms with Crippen molar-refractivity contribution in [2.75, 3.05) is 0 Å². The molecule has 0 aliphatic carbocycles. The van der Waals surface area contributed by atoms with Crippen LogP contribution >= 0.6 is 0 Å². The zero-order valence-electron chi connectivity index (χ0n) is 12.4. The van der Waals surface area contributed by atoms with Crippen LogP contribution in [0.5, 0.6) is 11.5 Å². The van der Waals surface area contributed by atoms with Crippen molar-refractivity contribution in [3.05, 3.63) is 84.4 Å². The maximum Gasteiger partial charge on any atom is 0.193 e. The van der Waals surface area contributed by atoms with Crippen molar-refractivity contribution < 1.29 is 9.53 Å². The fourth-order valence-electron chi connectivity index (χ4n) is 2.20. The molecule has 110 valence electrons. The first kappa shape index (κ1) is 14.6. The van der Waals surface area contributed by atoms with Crippen LogP contribution in [-0.2, 0) is 4.79 Å². The quantitative estimate of drug-likeness (QED) is 0.517. The summed E-state index contributed by atoms with van der Waals surface area (Å²) in [6.45, 7) is 0. The van der Waals surface area contributed by atoms with Gasteiger partial charge in [0.15, 0.2) is 6.29 Å². The number of carbonyl (C=O) groups is 1. The predicted molar refractivity (Wildman–Crippen MR) is 91.3 cm³/mol. The third kappa shape index (κ3) is 3.87. The van der Waals surface area contributed by atoms with Crippen molar-refractivity contribution in [3.8, 4) is 34.5 Å². The first-order valence-electron chi connectivity index (χ1n) is 7.24. The zero-order chi connectivity index (χ0) is 15.9. The maximum absolute atomic E-state index is 10.2. The Morgan fingerprint density at radius 1 is 0.696 bits per heavy atom. The van der Waals surface area contributed by atoms with Crippen LogP contribution in [0.2, 0.25) is 0 Å². The topological polar surface area (TPSA) is 26.3 Å². The van der Waals surface area contributed by atoms with Crippen LogP contribution in [0.15, 0.2) is 78.9 Å². The number of rotatable bonds is 3. The van der Waals surface area contributed by atoms with Gasteiger partial charge in [-0.25, -0.2) is 0 Å². The molecule has 3 aromatic rings. The van der Waals surface area contributed by atoms with E-state index in [1.54, 1.807) is 0 Å². The van der Waals surface area contributed by atoms with Gasteiger partial charge in [0.05, 0.1) is 0 Å². The van der Waals surface area contributed by atoms with E-state index in [0.29, 0.717) is 6.29 Å². The molecule has 0 atom stereocenters. The van der Waals surface area contributed by atoms with Crippen molar-refractivity contribution >= 4 is 6.29 Å². The summed E-state index contributed by atoms with van der Waals surface area (Å²) in [6.07, 6.45) is 0.597. The summed E-state index contributed by atoms with van der Waals surface area (Å²) in [6, 6.07) is 25.4. The molecule has 0 spiro atoms. The minimum Gasteiger partial charge on any atom is -0.457 e. The fraction of sp³-hybridized carbons (Fsp3) is 0. The van der Waals surface area contributed by atoms with Gasteiger partial charge < -0.3 is 4.74 Å². The van der Waals surface area contributed by atoms with Gasteiger partial charge in [0, 0.05) is 5.56 Å². The summed E-state index contributed by atoms with van der Waals surface area (Å²) in [4.78, 5) is 10.2. The summed E-state index contributed by atoms with van der Waals surface area (Å²) in [5.41, 5.74) is 3.01. The zero-order valence-corrected chi connectivity index (χ0v) is 12.4. The lowest BCUT2D eigenvalue weighted by atomic mass is 10.0. The molecule has 0 fully saturated rings. The molecule has 3 rings (SSSR count). The summed E-state index contributed by atoms with van der Waals surface area (Å²) >= 11 is 0. The number of hydrogen-bond acceptors (Lipinski definition) is 2. The molecule has 0 saturated carbocycles. The Hall–Kier alpha value is -3.31. The Kier molecular flexibility index (Phi) is 4.52. The summed E-state index contributed by atoms with van der Waals surface area (Å²) in [5, 5.41) is 0. The predicted octanol–water partition coefficient (Wildman–Crippen LogP) is 4.70. The number of hydrogen-bond donors (Lipinski definition) is 0. The highest BCUT2D eigenvalue weighted by atomic mass is 16.5. The molecule has 2 nitrogen and oxygen atoms in total. The van der Waals surface area contributed by atoms with Gasteiger partial charge in [-0.1, -0.05) is 48.4 Å². The summed E-state index contributed by atoms with van der Waals surface area (Å²) < 4.78 is 5.78. The molecule has 2 heteroatoms. The highest BCUT2D eigenvalue weighted by Gasteiger charge is 2.00. The number of ether oxygens (including phenoxy) is 1. The number of para-hydroxylation sites is 1. The van der Waals surface area contributed by atoms with Gasteiger partial charge in [-0.2, -0.15) is 0 Å². The number of benzene rings is 3. The first-order valence-corrected chi connectivity index (χ1v) is 7.24. The lowest BCUT2D eigenvalue weighted by Gasteiger charge is -2.07. The first-order chi connectivity index (χ1) is 11.3. The van der Waals surface area contributed by atoms with Crippen molar-refractivity contribution in [1.29, 1.82) is 0 Å². The van der Waals surface area contributed by atoms with Crippen LogP contribution in [0, 0.1) is 11.8 Å². The average Bonchev–Trinajstić information content (AvgIpc) is 2.62. The molecular formula is C21H14O2. The highest BCUT2D eigenvalue weighted by Crippen LogP contribution is 2.25. The van der Waals surface area contributed by atoms with Crippen LogP contribution in [0.3, 0.4) is 0 Å². The van der Waals surface area contributed by atoms with Crippen LogP contribution in [0.1, 0.15) is 5.56 Å². The van der Waals surface area contributed by atoms with Crippen LogP contribution < -0.4 is 4.74 Å². The molecule has 0 unspecified atom stereocenters. The van der Waals surface area contributed by atoms with Gasteiger partial charge >= 0.3 is 0 Å². The molecule has 0 aliphatic heterocycles. The molecule has 0 N–H and O–H groups in total. The van der Waals surface area contributed by atoms with Gasteiger partial charge in [-0.05, 0) is 53.4 Å². The fourth-order valence-corrected chi connectivity index (χ4v) is 2.20. The average molecular weight is 298 g/mol. The summed E-state index contributed by atoms with van der Waals surface area (Å²) in [5.74, 6) is 6.80. The highest BCUT2D eigenvalue weighted by molar-refractivity contribution is 5.74. The Morgan fingerprint density at radius 2 is 1.26 bits per heavy atom. The molecule has 0 saturated heterocycles. The lowest BCUT2D eigenvalue weighted by molar-refractivity contribution is -0.103. The van der Waals surface area contributed by atoms with Gasteiger partial charge in [0.2, 0.25) is 0 Å². The maximum atomic E-state index is 10.2. The van der Waals surface area contributed by atoms with Gasteiger partial charge in [-0.3, -0.25) is 4.79 Å². The molecule has 0 bridgehead atoms. The monoisotopic (exact) mass is 298 g/mol. The van der Waals surface area contributed by atoms with Crippen molar-refractivity contribution in [3.63, 3.8) is 0 Å². The van der Waals surface area contributed by atoms with E-state index in [-0.39, 0.29) is 0 Å². The van der Waals surface area contributed by atoms with Crippen LogP contribution in [0.4, 0.5) is 0 Å². The molecular weight excluding hydrogens is 284 g/mol. The van der Waals surface area contributed by atoms with E-state index in [4.69, 9.17) is 4.74 Å². The molecule has 0 amide bonds. The third-order valence-corrected chi connectivity index (χ3v) is 3.33. The van der Waals surface area contributed by atoms with E-state index >= 15 is 0 Å². The molecule has 23 heavy (non-hydrogen) atoms. The van der Waals surface area contributed by atoms with Crippen molar-refractivity contribution in [2.24, 2.45) is 0 Å². The third-order valence-electron chi connectivity index (χ3n) is 3.33. The van der Waals surface area contributed by atoms with Gasteiger partial charge in [0.25, 0.3) is 0 Å².